The summed E-state index contributed by atoms with van der Waals surface area (Å²) < 4.78 is 11.0. The number of quaternary nitrogens is 1. The van der Waals surface area contributed by atoms with Crippen molar-refractivity contribution in [3.8, 4) is 5.75 Å². The third-order valence-corrected chi connectivity index (χ3v) is 4.20. The van der Waals surface area contributed by atoms with E-state index >= 15 is 0 Å². The van der Waals surface area contributed by atoms with Crippen molar-refractivity contribution in [1.82, 2.24) is 0 Å². The van der Waals surface area contributed by atoms with Crippen molar-refractivity contribution in [2.24, 2.45) is 0 Å². The molecule has 0 saturated carbocycles. The van der Waals surface area contributed by atoms with E-state index in [1.807, 2.05) is 0 Å². The van der Waals surface area contributed by atoms with Crippen LogP contribution in [0, 0.1) is 6.92 Å². The maximum absolute atomic E-state index is 11.8. The fourth-order valence-corrected chi connectivity index (χ4v) is 3.31. The SMILES string of the molecule is Cc1cc2oc(=O)cc(C[NH+]3C[C@H](C)O[C@@H](C)C3)c2cc1O. The summed E-state index contributed by atoms with van der Waals surface area (Å²) in [7, 11) is 0. The summed E-state index contributed by atoms with van der Waals surface area (Å²) in [5.74, 6) is 0.223. The number of phenols is 1. The molecule has 3 rings (SSSR count). The predicted octanol–water partition coefficient (Wildman–Crippen LogP) is 0.999. The fourth-order valence-electron chi connectivity index (χ4n) is 3.31. The lowest BCUT2D eigenvalue weighted by atomic mass is 10.1. The molecular formula is C17H22NO4+. The van der Waals surface area contributed by atoms with Gasteiger partial charge < -0.3 is 19.2 Å². The highest BCUT2D eigenvalue weighted by Gasteiger charge is 2.26. The smallest absolute Gasteiger partial charge is 0.336 e. The van der Waals surface area contributed by atoms with Gasteiger partial charge in [0, 0.05) is 17.0 Å². The number of nitrogens with one attached hydrogen (secondary N) is 1. The number of aryl methyl sites for hydroxylation is 1. The minimum Gasteiger partial charge on any atom is -0.508 e. The van der Waals surface area contributed by atoms with Crippen molar-refractivity contribution in [3.63, 3.8) is 0 Å². The monoisotopic (exact) mass is 304 g/mol. The van der Waals surface area contributed by atoms with Gasteiger partial charge in [0.2, 0.25) is 0 Å². The van der Waals surface area contributed by atoms with Gasteiger partial charge in [-0.05, 0) is 38.5 Å². The largest absolute Gasteiger partial charge is 0.508 e. The molecule has 118 valence electrons. The Morgan fingerprint density at radius 3 is 2.59 bits per heavy atom. The van der Waals surface area contributed by atoms with E-state index in [0.717, 1.165) is 30.6 Å². The summed E-state index contributed by atoms with van der Waals surface area (Å²) in [5, 5.41) is 10.8. The molecule has 5 nitrogen and oxygen atoms in total. The number of hydrogen-bond donors (Lipinski definition) is 2. The van der Waals surface area contributed by atoms with Gasteiger partial charge in [0.25, 0.3) is 0 Å². The van der Waals surface area contributed by atoms with Gasteiger partial charge in [0.15, 0.2) is 0 Å². The van der Waals surface area contributed by atoms with Gasteiger partial charge in [-0.2, -0.15) is 0 Å². The van der Waals surface area contributed by atoms with E-state index in [2.05, 4.69) is 13.8 Å². The molecule has 0 bridgehead atoms. The number of hydrogen-bond acceptors (Lipinski definition) is 4. The minimum absolute atomic E-state index is 0.209. The fraction of sp³-hybridized carbons (Fsp3) is 0.471. The number of rotatable bonds is 2. The van der Waals surface area contributed by atoms with Crippen molar-refractivity contribution < 1.29 is 19.2 Å². The van der Waals surface area contributed by atoms with Crippen LogP contribution in [0.3, 0.4) is 0 Å². The molecule has 1 aromatic carbocycles. The van der Waals surface area contributed by atoms with Crippen LogP contribution in [0.1, 0.15) is 25.0 Å². The second-order valence-electron chi connectivity index (χ2n) is 6.32. The topological polar surface area (TPSA) is 64.1 Å². The summed E-state index contributed by atoms with van der Waals surface area (Å²) in [6.07, 6.45) is 0.418. The first-order valence-electron chi connectivity index (χ1n) is 7.67. The lowest BCUT2D eigenvalue weighted by molar-refractivity contribution is -0.928. The van der Waals surface area contributed by atoms with E-state index in [4.69, 9.17) is 9.15 Å². The van der Waals surface area contributed by atoms with Gasteiger partial charge in [-0.3, -0.25) is 0 Å². The number of ether oxygens (including phenoxy) is 1. The Bertz CT molecular complexity index is 742. The zero-order chi connectivity index (χ0) is 15.9. The molecule has 2 heterocycles. The molecular weight excluding hydrogens is 282 g/mol. The molecule has 2 atom stereocenters. The van der Waals surface area contributed by atoms with E-state index < -0.39 is 0 Å². The lowest BCUT2D eigenvalue weighted by Crippen LogP contribution is -3.14. The standard InChI is InChI=1S/C17H21NO4/c1-10-4-16-14(6-15(10)19)13(5-17(20)22-16)9-18-7-11(2)21-12(3)8-18/h4-6,11-12,19H,7-9H2,1-3H3/p+1/t11-,12-/m0/s1. The van der Waals surface area contributed by atoms with Gasteiger partial charge in [0.1, 0.15) is 43.2 Å². The van der Waals surface area contributed by atoms with Gasteiger partial charge in [0.05, 0.1) is 0 Å². The van der Waals surface area contributed by atoms with E-state index in [1.165, 1.54) is 11.0 Å². The first-order chi connectivity index (χ1) is 10.4. The van der Waals surface area contributed by atoms with E-state index in [1.54, 1.807) is 19.1 Å². The average molecular weight is 304 g/mol. The van der Waals surface area contributed by atoms with Crippen LogP contribution in [0.4, 0.5) is 0 Å². The molecule has 0 amide bonds. The molecule has 0 radical (unpaired) electrons. The number of benzene rings is 1. The van der Waals surface area contributed by atoms with Crippen molar-refractivity contribution in [2.45, 2.75) is 39.5 Å². The molecule has 5 heteroatoms. The predicted molar refractivity (Wildman–Crippen MR) is 83.3 cm³/mol. The molecule has 1 aliphatic heterocycles. The Hall–Kier alpha value is -1.85. The van der Waals surface area contributed by atoms with Crippen molar-refractivity contribution in [2.75, 3.05) is 13.1 Å². The third kappa shape index (κ3) is 3.00. The quantitative estimate of drug-likeness (QED) is 0.813. The van der Waals surface area contributed by atoms with E-state index in [0.29, 0.717) is 11.1 Å². The van der Waals surface area contributed by atoms with Crippen LogP contribution in [0.15, 0.2) is 27.4 Å². The molecule has 22 heavy (non-hydrogen) atoms. The Kier molecular flexibility index (Phi) is 3.93. The van der Waals surface area contributed by atoms with E-state index in [-0.39, 0.29) is 23.6 Å². The number of morpholine rings is 1. The van der Waals surface area contributed by atoms with Crippen LogP contribution in [-0.4, -0.2) is 30.4 Å². The molecule has 1 fully saturated rings. The Morgan fingerprint density at radius 2 is 1.91 bits per heavy atom. The maximum Gasteiger partial charge on any atom is 0.336 e. The van der Waals surface area contributed by atoms with Crippen molar-refractivity contribution in [1.29, 1.82) is 0 Å². The van der Waals surface area contributed by atoms with E-state index in [9.17, 15) is 9.90 Å². The first kappa shape index (κ1) is 15.1. The highest BCUT2D eigenvalue weighted by Crippen LogP contribution is 2.25. The van der Waals surface area contributed by atoms with Crippen LogP contribution in [0.25, 0.3) is 11.0 Å². The highest BCUT2D eigenvalue weighted by molar-refractivity contribution is 5.82. The highest BCUT2D eigenvalue weighted by atomic mass is 16.5. The Morgan fingerprint density at radius 1 is 1.23 bits per heavy atom. The number of aromatic hydroxyl groups is 1. The van der Waals surface area contributed by atoms with Gasteiger partial charge in [-0.25, -0.2) is 4.79 Å². The molecule has 2 aromatic rings. The number of phenolic OH excluding ortho intramolecular Hbond substituents is 1. The van der Waals surface area contributed by atoms with Gasteiger partial charge in [-0.15, -0.1) is 0 Å². The van der Waals surface area contributed by atoms with Crippen molar-refractivity contribution in [3.05, 3.63) is 39.7 Å². The lowest BCUT2D eigenvalue weighted by Gasteiger charge is -2.32. The van der Waals surface area contributed by atoms with Gasteiger partial charge >= 0.3 is 5.63 Å². The number of fused-ring (bicyclic) bond motifs is 1. The maximum atomic E-state index is 11.8. The van der Waals surface area contributed by atoms with Crippen LogP contribution in [0.5, 0.6) is 5.75 Å². The molecule has 0 unspecified atom stereocenters. The minimum atomic E-state index is -0.346. The zero-order valence-corrected chi connectivity index (χ0v) is 13.2. The third-order valence-electron chi connectivity index (χ3n) is 4.20. The summed E-state index contributed by atoms with van der Waals surface area (Å²) in [5.41, 5.74) is 1.81. The Labute approximate surface area is 129 Å². The normalized spacial score (nSPS) is 25.5. The van der Waals surface area contributed by atoms with Crippen LogP contribution >= 0.6 is 0 Å². The molecule has 0 spiro atoms. The van der Waals surface area contributed by atoms with Gasteiger partial charge in [-0.1, -0.05) is 0 Å². The van der Waals surface area contributed by atoms with Crippen LogP contribution in [0.2, 0.25) is 0 Å². The zero-order valence-electron chi connectivity index (χ0n) is 13.2. The summed E-state index contributed by atoms with van der Waals surface area (Å²) in [4.78, 5) is 13.2. The molecule has 1 saturated heterocycles. The van der Waals surface area contributed by atoms with Crippen LogP contribution < -0.4 is 10.5 Å². The molecule has 1 aliphatic rings. The second-order valence-corrected chi connectivity index (χ2v) is 6.32. The summed E-state index contributed by atoms with van der Waals surface area (Å²) in [6.45, 7) is 8.47. The summed E-state index contributed by atoms with van der Waals surface area (Å²) in [6, 6.07) is 4.94. The first-order valence-corrected chi connectivity index (χ1v) is 7.67. The Balaban J connectivity index is 1.99. The molecule has 1 aromatic heterocycles. The van der Waals surface area contributed by atoms with Crippen LogP contribution in [-0.2, 0) is 11.3 Å². The summed E-state index contributed by atoms with van der Waals surface area (Å²) >= 11 is 0. The molecule has 0 aliphatic carbocycles. The average Bonchev–Trinajstić information content (AvgIpc) is 2.39. The van der Waals surface area contributed by atoms with Crippen molar-refractivity contribution >= 4 is 11.0 Å². The second kappa shape index (κ2) is 5.74. The molecule has 2 N–H and O–H groups in total.